The number of nitrogens with one attached hydrogen (secondary N) is 1. The van der Waals surface area contributed by atoms with Crippen molar-refractivity contribution in [2.24, 2.45) is 0 Å². The van der Waals surface area contributed by atoms with E-state index in [9.17, 15) is 0 Å². The maximum Gasteiger partial charge on any atom is 0.0406 e. The predicted molar refractivity (Wildman–Crippen MR) is 112 cm³/mol. The minimum absolute atomic E-state index is 0.705. The van der Waals surface area contributed by atoms with E-state index < -0.39 is 0 Å². The molecule has 25 heavy (non-hydrogen) atoms. The van der Waals surface area contributed by atoms with Gasteiger partial charge in [-0.25, -0.2) is 0 Å². The summed E-state index contributed by atoms with van der Waals surface area (Å²) in [6, 6.07) is 14.7. The second-order valence-corrected chi connectivity index (χ2v) is 6.43. The topological polar surface area (TPSA) is 12.0 Å². The molecule has 1 nitrogen and oxygen atoms in total. The molecule has 1 N–H and O–H groups in total. The maximum atomic E-state index is 4.18. The summed E-state index contributed by atoms with van der Waals surface area (Å²) in [6.45, 7) is 19.2. The molecule has 0 aromatic heterocycles. The van der Waals surface area contributed by atoms with Gasteiger partial charge in [-0.1, -0.05) is 79.9 Å². The molecule has 0 aliphatic carbocycles. The summed E-state index contributed by atoms with van der Waals surface area (Å²) >= 11 is 0. The molecule has 0 saturated carbocycles. The monoisotopic (exact) mass is 329 g/mol. The Hall–Kier alpha value is -2.80. The Labute approximate surface area is 151 Å². The largest absolute Gasteiger partial charge is 0.381 e. The molecular weight excluding hydrogens is 302 g/mol. The summed E-state index contributed by atoms with van der Waals surface area (Å²) in [5.41, 5.74) is 7.12. The van der Waals surface area contributed by atoms with Crippen LogP contribution in [0.1, 0.15) is 37.5 Å². The lowest BCUT2D eigenvalue weighted by molar-refractivity contribution is 0.884. The van der Waals surface area contributed by atoms with Crippen LogP contribution in [0.15, 0.2) is 67.3 Å². The number of rotatable bonds is 6. The van der Waals surface area contributed by atoms with Gasteiger partial charge < -0.3 is 5.32 Å². The van der Waals surface area contributed by atoms with E-state index >= 15 is 0 Å². The van der Waals surface area contributed by atoms with E-state index in [1.165, 1.54) is 22.3 Å². The quantitative estimate of drug-likeness (QED) is 0.814. The Morgan fingerprint density at radius 1 is 1.00 bits per heavy atom. The van der Waals surface area contributed by atoms with Gasteiger partial charge in [0.15, 0.2) is 0 Å². The van der Waals surface area contributed by atoms with E-state index in [0.717, 1.165) is 21.7 Å². The van der Waals surface area contributed by atoms with Crippen LogP contribution < -0.4 is 15.8 Å². The second-order valence-electron chi connectivity index (χ2n) is 6.43. The van der Waals surface area contributed by atoms with Crippen molar-refractivity contribution in [1.82, 2.24) is 5.32 Å². The van der Waals surface area contributed by atoms with Gasteiger partial charge in [0, 0.05) is 12.2 Å². The van der Waals surface area contributed by atoms with Crippen LogP contribution in [-0.4, -0.2) is 0 Å². The zero-order chi connectivity index (χ0) is 18.4. The van der Waals surface area contributed by atoms with Gasteiger partial charge in [0.2, 0.25) is 0 Å². The lowest BCUT2D eigenvalue weighted by Gasteiger charge is -2.12. The first-order chi connectivity index (χ1) is 11.9. The molecule has 128 valence electrons. The normalized spacial score (nSPS) is 11.1. The molecule has 2 aromatic carbocycles. The summed E-state index contributed by atoms with van der Waals surface area (Å²) in [6.07, 6.45) is 3.80. The molecule has 0 amide bonds. The van der Waals surface area contributed by atoms with Crippen molar-refractivity contribution in [2.45, 2.75) is 27.3 Å². The van der Waals surface area contributed by atoms with Gasteiger partial charge >= 0.3 is 0 Å². The highest BCUT2D eigenvalue weighted by atomic mass is 14.9. The fraction of sp³-hybridized carbons (Fsp3) is 0.167. The van der Waals surface area contributed by atoms with E-state index in [2.05, 4.69) is 76.2 Å². The fourth-order valence-electron chi connectivity index (χ4n) is 2.67. The van der Waals surface area contributed by atoms with Crippen molar-refractivity contribution in [2.75, 3.05) is 0 Å². The average Bonchev–Trinajstić information content (AvgIpc) is 2.61. The Morgan fingerprint density at radius 2 is 1.64 bits per heavy atom. The Bertz CT molecular complexity index is 908. The summed E-state index contributed by atoms with van der Waals surface area (Å²) in [5, 5.41) is 5.55. The standard InChI is InChI=1S/C24H27N/c1-7-9-24-18(4)10-8-11-23(24)16-25-20(6)22-14-12-21(13-15-22)19(5)17(2)3/h7-15,25H,1,4,6,16H2,2-3,5H3/b24-9+. The average molecular weight is 329 g/mol. The first-order valence-electron chi connectivity index (χ1n) is 8.51. The third kappa shape index (κ3) is 4.60. The summed E-state index contributed by atoms with van der Waals surface area (Å²) in [7, 11) is 0. The zero-order valence-corrected chi connectivity index (χ0v) is 15.5. The van der Waals surface area contributed by atoms with Crippen molar-refractivity contribution in [3.63, 3.8) is 0 Å². The molecule has 2 aromatic rings. The first kappa shape index (κ1) is 18.5. The summed E-state index contributed by atoms with van der Waals surface area (Å²) in [5.74, 6) is 0. The van der Waals surface area contributed by atoms with Crippen molar-refractivity contribution in [1.29, 1.82) is 0 Å². The number of hydrogen-bond acceptors (Lipinski definition) is 1. The van der Waals surface area contributed by atoms with Gasteiger partial charge in [-0.15, -0.1) is 0 Å². The van der Waals surface area contributed by atoms with E-state index in [-0.39, 0.29) is 0 Å². The number of allylic oxidation sites excluding steroid dienone is 3. The third-order valence-corrected chi connectivity index (χ3v) is 4.48. The molecule has 0 saturated heterocycles. The lowest BCUT2D eigenvalue weighted by Crippen LogP contribution is -2.29. The van der Waals surface area contributed by atoms with Gasteiger partial charge in [-0.3, -0.25) is 0 Å². The molecule has 0 spiro atoms. The molecule has 2 rings (SSSR count). The van der Waals surface area contributed by atoms with Crippen LogP contribution >= 0.6 is 0 Å². The van der Waals surface area contributed by atoms with Gasteiger partial charge in [0.05, 0.1) is 0 Å². The van der Waals surface area contributed by atoms with Gasteiger partial charge in [0.1, 0.15) is 0 Å². The van der Waals surface area contributed by atoms with E-state index in [1.54, 1.807) is 6.08 Å². The molecule has 0 heterocycles. The summed E-state index contributed by atoms with van der Waals surface area (Å²) in [4.78, 5) is 0. The van der Waals surface area contributed by atoms with E-state index in [0.29, 0.717) is 6.54 Å². The Morgan fingerprint density at radius 3 is 2.24 bits per heavy atom. The van der Waals surface area contributed by atoms with Gasteiger partial charge in [-0.2, -0.15) is 0 Å². The number of benzene rings is 2. The highest BCUT2D eigenvalue weighted by molar-refractivity contribution is 5.69. The molecule has 0 radical (unpaired) electrons. The van der Waals surface area contributed by atoms with Crippen LogP contribution in [0.2, 0.25) is 0 Å². The molecular formula is C24H27N. The molecule has 0 aliphatic heterocycles. The minimum atomic E-state index is 0.705. The van der Waals surface area contributed by atoms with Gasteiger partial charge in [0.25, 0.3) is 0 Å². The highest BCUT2D eigenvalue weighted by Gasteiger charge is 2.02. The predicted octanol–water partition coefficient (Wildman–Crippen LogP) is 4.64. The highest BCUT2D eigenvalue weighted by Crippen LogP contribution is 2.20. The SMILES string of the molecule is C=C/C=c1/c(CNC(=C)c2ccc(C(C)=C(C)C)cc2)cccc1=C. The van der Waals surface area contributed by atoms with Crippen molar-refractivity contribution < 1.29 is 0 Å². The molecule has 0 unspecified atom stereocenters. The number of hydrogen-bond donors (Lipinski definition) is 1. The fourth-order valence-corrected chi connectivity index (χ4v) is 2.67. The van der Waals surface area contributed by atoms with Crippen LogP contribution in [0.5, 0.6) is 0 Å². The molecule has 1 heteroatoms. The third-order valence-electron chi connectivity index (χ3n) is 4.48. The molecule has 0 atom stereocenters. The van der Waals surface area contributed by atoms with E-state index in [1.807, 2.05) is 18.2 Å². The Balaban J connectivity index is 2.15. The van der Waals surface area contributed by atoms with Crippen molar-refractivity contribution >= 4 is 23.9 Å². The van der Waals surface area contributed by atoms with Crippen molar-refractivity contribution in [3.8, 4) is 0 Å². The van der Waals surface area contributed by atoms with Crippen LogP contribution in [0.3, 0.4) is 0 Å². The van der Waals surface area contributed by atoms with Crippen molar-refractivity contribution in [3.05, 3.63) is 94.4 Å². The van der Waals surface area contributed by atoms with Crippen LogP contribution in [-0.2, 0) is 6.54 Å². The van der Waals surface area contributed by atoms with Crippen LogP contribution in [0.25, 0.3) is 23.9 Å². The molecule has 0 fully saturated rings. The van der Waals surface area contributed by atoms with E-state index in [4.69, 9.17) is 0 Å². The Kier molecular flexibility index (Phi) is 6.19. The summed E-state index contributed by atoms with van der Waals surface area (Å²) < 4.78 is 0. The first-order valence-corrected chi connectivity index (χ1v) is 8.51. The minimum Gasteiger partial charge on any atom is -0.381 e. The van der Waals surface area contributed by atoms with Gasteiger partial charge in [-0.05, 0) is 53.5 Å². The molecule has 0 bridgehead atoms. The molecule has 0 aliphatic rings. The second kappa shape index (κ2) is 8.34. The lowest BCUT2D eigenvalue weighted by atomic mass is 10.0. The maximum absolute atomic E-state index is 4.18. The smallest absolute Gasteiger partial charge is 0.0406 e. The van der Waals surface area contributed by atoms with Crippen LogP contribution in [0, 0.1) is 0 Å². The van der Waals surface area contributed by atoms with Crippen LogP contribution in [0.4, 0.5) is 0 Å². The zero-order valence-electron chi connectivity index (χ0n) is 15.5.